The maximum atomic E-state index is 11.4. The quantitative estimate of drug-likeness (QED) is 0.843. The van der Waals surface area contributed by atoms with Crippen molar-refractivity contribution in [1.82, 2.24) is 0 Å². The van der Waals surface area contributed by atoms with Gasteiger partial charge in [-0.15, -0.1) is 11.6 Å². The van der Waals surface area contributed by atoms with Crippen LogP contribution in [0.4, 0.5) is 0 Å². The summed E-state index contributed by atoms with van der Waals surface area (Å²) >= 11 is 6.01. The SMILES string of the molecule is OC(CCCl)(c1ccccc1)C1CCOC2(CCCC2)C1. The van der Waals surface area contributed by atoms with Gasteiger partial charge in [-0.25, -0.2) is 0 Å². The van der Waals surface area contributed by atoms with Crippen molar-refractivity contribution in [2.45, 2.75) is 56.1 Å². The summed E-state index contributed by atoms with van der Waals surface area (Å²) < 4.78 is 6.12. The van der Waals surface area contributed by atoms with E-state index in [4.69, 9.17) is 16.3 Å². The third kappa shape index (κ3) is 2.99. The molecule has 2 unspecified atom stereocenters. The highest BCUT2D eigenvalue weighted by Gasteiger charge is 2.47. The van der Waals surface area contributed by atoms with Gasteiger partial charge in [0.25, 0.3) is 0 Å². The van der Waals surface area contributed by atoms with E-state index < -0.39 is 5.60 Å². The molecular formula is C18H25ClO2. The minimum Gasteiger partial charge on any atom is -0.385 e. The Hall–Kier alpha value is -0.570. The molecule has 2 aliphatic rings. The van der Waals surface area contributed by atoms with Crippen LogP contribution in [0.1, 0.15) is 50.5 Å². The summed E-state index contributed by atoms with van der Waals surface area (Å²) in [6.45, 7) is 0.766. The predicted octanol–water partition coefficient (Wildman–Crippen LogP) is 4.24. The number of halogens is 1. The van der Waals surface area contributed by atoms with Crippen LogP contribution >= 0.6 is 11.6 Å². The molecule has 2 atom stereocenters. The van der Waals surface area contributed by atoms with Crippen molar-refractivity contribution in [3.8, 4) is 0 Å². The molecule has 1 N–H and O–H groups in total. The van der Waals surface area contributed by atoms with Crippen LogP contribution in [0.25, 0.3) is 0 Å². The summed E-state index contributed by atoms with van der Waals surface area (Å²) in [5, 5.41) is 11.4. The summed E-state index contributed by atoms with van der Waals surface area (Å²) in [6, 6.07) is 10.1. The Morgan fingerprint density at radius 3 is 2.62 bits per heavy atom. The molecule has 1 saturated heterocycles. The first kappa shape index (κ1) is 15.3. The van der Waals surface area contributed by atoms with Crippen LogP contribution in [0, 0.1) is 5.92 Å². The normalized spacial score (nSPS) is 27.6. The van der Waals surface area contributed by atoms with Crippen molar-refractivity contribution in [2.75, 3.05) is 12.5 Å². The zero-order chi connectivity index (χ0) is 14.8. The largest absolute Gasteiger partial charge is 0.385 e. The molecule has 1 aliphatic heterocycles. The van der Waals surface area contributed by atoms with Crippen molar-refractivity contribution in [3.63, 3.8) is 0 Å². The van der Waals surface area contributed by atoms with E-state index in [9.17, 15) is 5.11 Å². The van der Waals surface area contributed by atoms with Gasteiger partial charge in [-0.3, -0.25) is 0 Å². The average Bonchev–Trinajstić information content (AvgIpc) is 2.96. The third-order valence-corrected chi connectivity index (χ3v) is 5.62. The fourth-order valence-electron chi connectivity index (χ4n) is 4.26. The van der Waals surface area contributed by atoms with Crippen LogP contribution in [0.2, 0.25) is 0 Å². The number of hydrogen-bond acceptors (Lipinski definition) is 2. The van der Waals surface area contributed by atoms with Crippen molar-refractivity contribution < 1.29 is 9.84 Å². The van der Waals surface area contributed by atoms with Crippen molar-refractivity contribution >= 4 is 11.6 Å². The van der Waals surface area contributed by atoms with Crippen LogP contribution in [-0.2, 0) is 10.3 Å². The maximum Gasteiger partial charge on any atom is 0.0937 e. The summed E-state index contributed by atoms with van der Waals surface area (Å²) in [4.78, 5) is 0. The molecule has 2 nitrogen and oxygen atoms in total. The average molecular weight is 309 g/mol. The predicted molar refractivity (Wildman–Crippen MR) is 85.6 cm³/mol. The molecule has 3 heteroatoms. The Morgan fingerprint density at radius 2 is 1.95 bits per heavy atom. The lowest BCUT2D eigenvalue weighted by Crippen LogP contribution is -2.46. The van der Waals surface area contributed by atoms with Gasteiger partial charge in [-0.2, -0.15) is 0 Å². The molecule has 2 fully saturated rings. The maximum absolute atomic E-state index is 11.4. The number of ether oxygens (including phenoxy) is 1. The molecule has 1 aliphatic carbocycles. The molecule has 0 radical (unpaired) electrons. The van der Waals surface area contributed by atoms with E-state index >= 15 is 0 Å². The Balaban J connectivity index is 1.86. The first-order valence-electron chi connectivity index (χ1n) is 8.16. The van der Waals surface area contributed by atoms with Crippen LogP contribution in [0.15, 0.2) is 30.3 Å². The molecule has 0 amide bonds. The lowest BCUT2D eigenvalue weighted by molar-refractivity contribution is -0.144. The van der Waals surface area contributed by atoms with Crippen molar-refractivity contribution in [2.24, 2.45) is 5.92 Å². The van der Waals surface area contributed by atoms with Gasteiger partial charge < -0.3 is 9.84 Å². The second-order valence-corrected chi connectivity index (χ2v) is 7.04. The highest BCUT2D eigenvalue weighted by molar-refractivity contribution is 6.17. The first-order chi connectivity index (χ1) is 10.2. The summed E-state index contributed by atoms with van der Waals surface area (Å²) in [7, 11) is 0. The van der Waals surface area contributed by atoms with Gasteiger partial charge in [-0.1, -0.05) is 43.2 Å². The van der Waals surface area contributed by atoms with E-state index in [1.54, 1.807) is 0 Å². The Morgan fingerprint density at radius 1 is 1.24 bits per heavy atom. The van der Waals surface area contributed by atoms with Crippen LogP contribution in [0.3, 0.4) is 0 Å². The molecule has 21 heavy (non-hydrogen) atoms. The fourth-order valence-corrected chi connectivity index (χ4v) is 4.55. The lowest BCUT2D eigenvalue weighted by atomic mass is 9.71. The summed E-state index contributed by atoms with van der Waals surface area (Å²) in [5.74, 6) is 0.723. The number of benzene rings is 1. The van der Waals surface area contributed by atoms with Gasteiger partial charge >= 0.3 is 0 Å². The van der Waals surface area contributed by atoms with Gasteiger partial charge in [0.05, 0.1) is 11.2 Å². The van der Waals surface area contributed by atoms with Crippen molar-refractivity contribution in [3.05, 3.63) is 35.9 Å². The zero-order valence-corrected chi connectivity index (χ0v) is 13.3. The number of alkyl halides is 1. The molecule has 1 aromatic rings. The third-order valence-electron chi connectivity index (χ3n) is 5.43. The van der Waals surface area contributed by atoms with Gasteiger partial charge in [0.1, 0.15) is 0 Å². The molecule has 116 valence electrons. The van der Waals surface area contributed by atoms with E-state index in [1.165, 1.54) is 12.8 Å². The van der Waals surface area contributed by atoms with Crippen LogP contribution in [0.5, 0.6) is 0 Å². The summed E-state index contributed by atoms with van der Waals surface area (Å²) in [6.07, 6.45) is 7.31. The summed E-state index contributed by atoms with van der Waals surface area (Å²) in [5.41, 5.74) is 0.214. The molecular weight excluding hydrogens is 284 g/mol. The lowest BCUT2D eigenvalue weighted by Gasteiger charge is -2.45. The molecule has 0 bridgehead atoms. The van der Waals surface area contributed by atoms with E-state index in [1.807, 2.05) is 30.3 Å². The number of hydrogen-bond donors (Lipinski definition) is 1. The monoisotopic (exact) mass is 308 g/mol. The second kappa shape index (κ2) is 6.28. The van der Waals surface area contributed by atoms with Crippen molar-refractivity contribution in [1.29, 1.82) is 0 Å². The Labute approximate surface area is 132 Å². The molecule has 1 heterocycles. The van der Waals surface area contributed by atoms with Gasteiger partial charge in [-0.05, 0) is 43.6 Å². The van der Waals surface area contributed by atoms with Crippen LogP contribution < -0.4 is 0 Å². The second-order valence-electron chi connectivity index (χ2n) is 6.66. The van der Waals surface area contributed by atoms with Gasteiger partial charge in [0.15, 0.2) is 0 Å². The fraction of sp³-hybridized carbons (Fsp3) is 0.667. The van der Waals surface area contributed by atoms with E-state index in [0.29, 0.717) is 12.3 Å². The Kier molecular flexibility index (Phi) is 4.58. The molecule has 1 spiro atoms. The minimum absolute atomic E-state index is 0.0258. The molecule has 1 aromatic carbocycles. The van der Waals surface area contributed by atoms with E-state index in [-0.39, 0.29) is 11.5 Å². The highest BCUT2D eigenvalue weighted by Crippen LogP contribution is 2.48. The van der Waals surface area contributed by atoms with Crippen LogP contribution in [-0.4, -0.2) is 23.2 Å². The van der Waals surface area contributed by atoms with E-state index in [2.05, 4.69) is 0 Å². The van der Waals surface area contributed by atoms with E-state index in [0.717, 1.165) is 37.9 Å². The highest BCUT2D eigenvalue weighted by atomic mass is 35.5. The van der Waals surface area contributed by atoms with Gasteiger partial charge in [0.2, 0.25) is 0 Å². The van der Waals surface area contributed by atoms with Gasteiger partial charge in [0, 0.05) is 12.5 Å². The zero-order valence-electron chi connectivity index (χ0n) is 12.6. The molecule has 1 saturated carbocycles. The topological polar surface area (TPSA) is 29.5 Å². The first-order valence-corrected chi connectivity index (χ1v) is 8.70. The molecule has 0 aromatic heterocycles. The number of rotatable bonds is 4. The molecule has 3 rings (SSSR count). The standard InChI is InChI=1S/C18H25ClO2/c19-12-11-18(20,15-6-2-1-3-7-15)16-8-13-21-17(14-16)9-4-5-10-17/h1-3,6-7,16,20H,4-5,8-14H2. The Bertz CT molecular complexity index is 456. The minimum atomic E-state index is -0.817. The smallest absolute Gasteiger partial charge is 0.0937 e. The number of aliphatic hydroxyl groups is 1.